The highest BCUT2D eigenvalue weighted by Gasteiger charge is 2.25. The monoisotopic (exact) mass is 1310 g/mol. The van der Waals surface area contributed by atoms with Crippen molar-refractivity contribution in [2.24, 2.45) is 0 Å². The summed E-state index contributed by atoms with van der Waals surface area (Å²) in [5, 5.41) is 9.76. The van der Waals surface area contributed by atoms with Crippen LogP contribution in [-0.2, 0) is 33.3 Å². The predicted octanol–water partition coefficient (Wildman–Crippen LogP) is 23.7. The second kappa shape index (κ2) is 73.4. The van der Waals surface area contributed by atoms with Crippen LogP contribution < -0.4 is 0 Å². The van der Waals surface area contributed by atoms with Crippen LogP contribution in [0.5, 0.6) is 0 Å². The molecule has 0 fully saturated rings. The lowest BCUT2D eigenvalue weighted by atomic mass is 10.0. The molecule has 1 N–H and O–H groups in total. The molecule has 0 rings (SSSR count). The number of allylic oxidation sites excluding steroid dienone is 36. The smallest absolute Gasteiger partial charge is 0.361 e. The van der Waals surface area contributed by atoms with E-state index in [1.165, 1.54) is 57.8 Å². The lowest BCUT2D eigenvalue weighted by molar-refractivity contribution is -0.870. The number of hydrogen-bond acceptors (Lipinski definition) is 7. The van der Waals surface area contributed by atoms with Crippen LogP contribution >= 0.6 is 0 Å². The largest absolute Gasteiger partial charge is 0.477 e. The van der Waals surface area contributed by atoms with Crippen LogP contribution in [0.4, 0.5) is 0 Å². The SMILES string of the molecule is CC/C=C\C/C=C\C/C=C\C/C=C\C/C=C\C/C=C\C/C=C\C/C=C\C/C=C\C/C=C\C/C=C\C/C=C\CCCCC(=O)OC(COC(=O)CCCCCCCCCCCCCC/C=C\C/C=C\C/C=C\C/C=C\C/C=C\C/C=C\CC)COC(OCC[N+](C)(C)C)C(=O)O. The van der Waals surface area contributed by atoms with Crippen molar-refractivity contribution in [1.82, 2.24) is 0 Å². The molecule has 0 aliphatic heterocycles. The summed E-state index contributed by atoms with van der Waals surface area (Å²) in [6.07, 6.45) is 113. The van der Waals surface area contributed by atoms with Gasteiger partial charge >= 0.3 is 17.9 Å². The Morgan fingerprint density at radius 3 is 0.863 bits per heavy atom. The third-order valence-corrected chi connectivity index (χ3v) is 14.7. The molecule has 0 aromatic rings. The average Bonchev–Trinajstić information content (AvgIpc) is 2.92. The first-order valence-electron chi connectivity index (χ1n) is 36.9. The van der Waals surface area contributed by atoms with Crippen molar-refractivity contribution in [3.05, 3.63) is 219 Å². The van der Waals surface area contributed by atoms with Crippen LogP contribution in [-0.4, -0.2) is 87.4 Å². The second-order valence-electron chi connectivity index (χ2n) is 24.8. The van der Waals surface area contributed by atoms with Crippen LogP contribution in [0.15, 0.2) is 219 Å². The quantitative estimate of drug-likeness (QED) is 0.0211. The first-order valence-corrected chi connectivity index (χ1v) is 36.9. The van der Waals surface area contributed by atoms with E-state index in [0.29, 0.717) is 17.4 Å². The molecule has 530 valence electrons. The number of carbonyl (C=O) groups excluding carboxylic acids is 2. The molecule has 9 nitrogen and oxygen atoms in total. The van der Waals surface area contributed by atoms with Crippen LogP contribution in [0, 0.1) is 0 Å². The molecule has 2 unspecified atom stereocenters. The molecule has 9 heteroatoms. The Hall–Kier alpha value is -6.39. The number of carboxylic acids is 1. The van der Waals surface area contributed by atoms with Gasteiger partial charge in [-0.1, -0.05) is 297 Å². The van der Waals surface area contributed by atoms with E-state index in [1.54, 1.807) is 0 Å². The summed E-state index contributed by atoms with van der Waals surface area (Å²) in [6.45, 7) is 4.57. The van der Waals surface area contributed by atoms with Gasteiger partial charge in [-0.3, -0.25) is 9.59 Å². The van der Waals surface area contributed by atoms with Crippen molar-refractivity contribution in [2.45, 2.75) is 257 Å². The zero-order chi connectivity index (χ0) is 69.0. The lowest BCUT2D eigenvalue weighted by Gasteiger charge is -2.25. The van der Waals surface area contributed by atoms with Crippen LogP contribution in [0.1, 0.15) is 245 Å². The fourth-order valence-corrected chi connectivity index (χ4v) is 9.17. The van der Waals surface area contributed by atoms with Gasteiger partial charge in [0.25, 0.3) is 6.29 Å². The highest BCUT2D eigenvalue weighted by Crippen LogP contribution is 2.15. The Kier molecular flexibility index (Phi) is 68.5. The normalized spacial score (nSPS) is 14.0. The van der Waals surface area contributed by atoms with Gasteiger partial charge in [0.1, 0.15) is 13.2 Å². The molecule has 0 spiro atoms. The first kappa shape index (κ1) is 88.6. The Bertz CT molecular complexity index is 2370. The minimum atomic E-state index is -1.54. The summed E-state index contributed by atoms with van der Waals surface area (Å²) < 4.78 is 22.9. The molecular formula is C86H134NO8+. The summed E-state index contributed by atoms with van der Waals surface area (Å²) in [7, 11) is 5.95. The fraction of sp³-hybridized carbons (Fsp3) is 0.547. The second-order valence-corrected chi connectivity index (χ2v) is 24.8. The fourth-order valence-electron chi connectivity index (χ4n) is 9.17. The Morgan fingerprint density at radius 1 is 0.316 bits per heavy atom. The maximum absolute atomic E-state index is 12.9. The van der Waals surface area contributed by atoms with E-state index in [-0.39, 0.29) is 38.6 Å². The number of ether oxygens (including phenoxy) is 4. The Morgan fingerprint density at radius 2 is 0.568 bits per heavy atom. The third kappa shape index (κ3) is 74.9. The summed E-state index contributed by atoms with van der Waals surface area (Å²) in [5.74, 6) is -2.09. The molecule has 0 aliphatic rings. The minimum Gasteiger partial charge on any atom is -0.477 e. The Labute approximate surface area is 581 Å². The summed E-state index contributed by atoms with van der Waals surface area (Å²) in [5.41, 5.74) is 0. The molecular weight excluding hydrogens is 1170 g/mol. The van der Waals surface area contributed by atoms with E-state index in [2.05, 4.69) is 233 Å². The topological polar surface area (TPSA) is 108 Å². The van der Waals surface area contributed by atoms with Gasteiger partial charge in [0.05, 0.1) is 34.4 Å². The number of quaternary nitrogens is 1. The third-order valence-electron chi connectivity index (χ3n) is 14.7. The van der Waals surface area contributed by atoms with E-state index in [4.69, 9.17) is 18.9 Å². The maximum Gasteiger partial charge on any atom is 0.361 e. The van der Waals surface area contributed by atoms with E-state index < -0.39 is 24.3 Å². The lowest BCUT2D eigenvalue weighted by Crippen LogP contribution is -2.40. The van der Waals surface area contributed by atoms with Crippen molar-refractivity contribution >= 4 is 17.9 Å². The van der Waals surface area contributed by atoms with Crippen molar-refractivity contribution in [3.8, 4) is 0 Å². The van der Waals surface area contributed by atoms with Crippen LogP contribution in [0.3, 0.4) is 0 Å². The Balaban J connectivity index is 4.27. The standard InChI is InChI=1S/C86H133NO8/c1-6-8-10-12-14-16-18-20-22-24-26-28-30-32-34-36-38-39-40-41-42-43-44-45-47-49-51-53-55-57-59-61-63-65-67-69-71-73-75-77-84(89)95-82(81-94-86(85(90)91)92-79-78-87(3,4)5)80-93-83(88)76-74-72-70-68-66-64-62-60-58-56-54-52-50-48-46-37-35-33-31-29-27-25-23-21-19-17-15-13-11-9-7-2/h8-11,14-17,20-23,26-29,32-35,38-39,41-42,44-46,48-49,51,55,57,61,63,67,69,82,86H,6-7,12-13,18-19,24-25,30-31,36-37,40,43,47,50,52-54,56,58-60,62,64-66,68,70-81H2,1-5H3/p+1/b10-8-,11-9-,16-14-,17-15-,22-20-,23-21-,28-26-,29-27-,34-32-,35-33-,39-38-,42-41-,45-44-,48-46-,51-49-,57-55-,63-61-,69-67-. The number of carbonyl (C=O) groups is 3. The zero-order valence-corrected chi connectivity index (χ0v) is 60.5. The van der Waals surface area contributed by atoms with Gasteiger partial charge in [0, 0.05) is 12.8 Å². The molecule has 95 heavy (non-hydrogen) atoms. The molecule has 0 bridgehead atoms. The van der Waals surface area contributed by atoms with Gasteiger partial charge in [-0.25, -0.2) is 4.79 Å². The van der Waals surface area contributed by atoms with E-state index in [1.807, 2.05) is 21.1 Å². The van der Waals surface area contributed by atoms with Crippen LogP contribution in [0.25, 0.3) is 0 Å². The number of aliphatic carboxylic acids is 1. The molecule has 0 saturated carbocycles. The number of unbranched alkanes of at least 4 members (excludes halogenated alkanes) is 14. The minimum absolute atomic E-state index is 0.167. The summed E-state index contributed by atoms with van der Waals surface area (Å²) >= 11 is 0. The molecule has 0 aromatic heterocycles. The first-order chi connectivity index (χ1) is 46.6. The zero-order valence-electron chi connectivity index (χ0n) is 60.5. The number of likely N-dealkylation sites (N-methyl/N-ethyl adjacent to an activating group) is 1. The predicted molar refractivity (Wildman–Crippen MR) is 409 cm³/mol. The number of rotatable bonds is 65. The number of hydrogen-bond donors (Lipinski definition) is 1. The van der Waals surface area contributed by atoms with Gasteiger partial charge in [0.15, 0.2) is 6.10 Å². The van der Waals surface area contributed by atoms with Gasteiger partial charge in [0.2, 0.25) is 0 Å². The van der Waals surface area contributed by atoms with E-state index in [0.717, 1.165) is 154 Å². The maximum atomic E-state index is 12.9. The number of nitrogens with zero attached hydrogens (tertiary/aromatic N) is 1. The molecule has 0 saturated heterocycles. The molecule has 2 atom stereocenters. The highest BCUT2D eigenvalue weighted by atomic mass is 16.7. The van der Waals surface area contributed by atoms with Gasteiger partial charge in [-0.2, -0.15) is 0 Å². The van der Waals surface area contributed by atoms with E-state index in [9.17, 15) is 19.5 Å². The van der Waals surface area contributed by atoms with Crippen molar-refractivity contribution in [3.63, 3.8) is 0 Å². The van der Waals surface area contributed by atoms with Crippen molar-refractivity contribution in [1.29, 1.82) is 0 Å². The van der Waals surface area contributed by atoms with E-state index >= 15 is 0 Å². The number of carboxylic acid groups (broad SMARTS) is 1. The molecule has 0 heterocycles. The molecule has 0 aromatic carbocycles. The average molecular weight is 1310 g/mol. The van der Waals surface area contributed by atoms with Gasteiger partial charge in [-0.15, -0.1) is 0 Å². The van der Waals surface area contributed by atoms with Crippen molar-refractivity contribution < 1.29 is 42.9 Å². The van der Waals surface area contributed by atoms with Crippen LogP contribution in [0.2, 0.25) is 0 Å². The summed E-state index contributed by atoms with van der Waals surface area (Å²) in [4.78, 5) is 37.7. The molecule has 0 radical (unpaired) electrons. The van der Waals surface area contributed by atoms with Gasteiger partial charge in [-0.05, 0) is 154 Å². The van der Waals surface area contributed by atoms with Crippen molar-refractivity contribution in [2.75, 3.05) is 47.5 Å². The number of esters is 2. The molecule has 0 amide bonds. The summed E-state index contributed by atoms with van der Waals surface area (Å²) in [6, 6.07) is 0. The van der Waals surface area contributed by atoms with Gasteiger partial charge < -0.3 is 28.5 Å². The molecule has 0 aliphatic carbocycles. The highest BCUT2D eigenvalue weighted by molar-refractivity contribution is 5.71.